The first-order chi connectivity index (χ1) is 8.70. The van der Waals surface area contributed by atoms with Gasteiger partial charge >= 0.3 is 0 Å². The number of hydrogen-bond acceptors (Lipinski definition) is 2. The molecule has 0 aliphatic heterocycles. The van der Waals surface area contributed by atoms with E-state index in [1.165, 1.54) is 20.9 Å². The van der Waals surface area contributed by atoms with Crippen molar-refractivity contribution in [2.45, 2.75) is 36.1 Å². The predicted octanol–water partition coefficient (Wildman–Crippen LogP) is 4.56. The lowest BCUT2D eigenvalue weighted by molar-refractivity contribution is 0.698. The fraction of sp³-hybridized carbons (Fsp3) is 0.250. The molecular weight excluding hydrogens is 238 g/mol. The molecule has 0 aliphatic carbocycles. The van der Waals surface area contributed by atoms with Crippen LogP contribution in [0.25, 0.3) is 0 Å². The Labute approximate surface area is 113 Å². The van der Waals surface area contributed by atoms with E-state index < -0.39 is 0 Å². The SMILES string of the molecule is CC[C@H](N)c1ccc(Sc2ccccc2C)cc1. The van der Waals surface area contributed by atoms with Crippen molar-refractivity contribution in [1.29, 1.82) is 0 Å². The molecular formula is C16H19NS. The first-order valence-corrected chi connectivity index (χ1v) is 7.11. The summed E-state index contributed by atoms with van der Waals surface area (Å²) in [5, 5.41) is 0. The fourth-order valence-corrected chi connectivity index (χ4v) is 2.72. The van der Waals surface area contributed by atoms with E-state index in [-0.39, 0.29) is 6.04 Å². The van der Waals surface area contributed by atoms with Crippen molar-refractivity contribution in [3.63, 3.8) is 0 Å². The summed E-state index contributed by atoms with van der Waals surface area (Å²) >= 11 is 1.80. The Morgan fingerprint density at radius 3 is 2.33 bits per heavy atom. The molecule has 0 saturated carbocycles. The minimum Gasteiger partial charge on any atom is -0.324 e. The van der Waals surface area contributed by atoms with Gasteiger partial charge in [-0.1, -0.05) is 49.0 Å². The first-order valence-electron chi connectivity index (χ1n) is 6.29. The highest BCUT2D eigenvalue weighted by atomic mass is 32.2. The zero-order chi connectivity index (χ0) is 13.0. The van der Waals surface area contributed by atoms with E-state index >= 15 is 0 Å². The van der Waals surface area contributed by atoms with E-state index in [0.717, 1.165) is 6.42 Å². The van der Waals surface area contributed by atoms with E-state index in [1.807, 2.05) is 0 Å². The van der Waals surface area contributed by atoms with Gasteiger partial charge in [0.1, 0.15) is 0 Å². The van der Waals surface area contributed by atoms with Gasteiger partial charge in [-0.2, -0.15) is 0 Å². The number of rotatable bonds is 4. The smallest absolute Gasteiger partial charge is 0.0292 e. The maximum Gasteiger partial charge on any atom is 0.0292 e. The first kappa shape index (κ1) is 13.2. The Morgan fingerprint density at radius 1 is 1.06 bits per heavy atom. The molecule has 2 N–H and O–H groups in total. The lowest BCUT2D eigenvalue weighted by Crippen LogP contribution is -2.07. The zero-order valence-corrected chi connectivity index (χ0v) is 11.7. The lowest BCUT2D eigenvalue weighted by atomic mass is 10.1. The highest BCUT2D eigenvalue weighted by Gasteiger charge is 2.04. The van der Waals surface area contributed by atoms with Gasteiger partial charge in [0.2, 0.25) is 0 Å². The van der Waals surface area contributed by atoms with Crippen molar-refractivity contribution in [3.05, 3.63) is 59.7 Å². The van der Waals surface area contributed by atoms with Crippen molar-refractivity contribution >= 4 is 11.8 Å². The van der Waals surface area contributed by atoms with Gasteiger partial charge in [-0.3, -0.25) is 0 Å². The van der Waals surface area contributed by atoms with Gasteiger partial charge in [-0.15, -0.1) is 0 Å². The molecule has 1 atom stereocenters. The van der Waals surface area contributed by atoms with Crippen LogP contribution in [0.4, 0.5) is 0 Å². The van der Waals surface area contributed by atoms with Crippen LogP contribution in [0.3, 0.4) is 0 Å². The number of hydrogen-bond donors (Lipinski definition) is 1. The van der Waals surface area contributed by atoms with Gasteiger partial charge in [0.15, 0.2) is 0 Å². The maximum absolute atomic E-state index is 6.01. The quantitative estimate of drug-likeness (QED) is 0.869. The van der Waals surface area contributed by atoms with Crippen LogP contribution in [0.15, 0.2) is 58.3 Å². The second-order valence-electron chi connectivity index (χ2n) is 4.45. The molecule has 2 aromatic carbocycles. The highest BCUT2D eigenvalue weighted by molar-refractivity contribution is 7.99. The number of aryl methyl sites for hydroxylation is 1. The van der Waals surface area contributed by atoms with Crippen LogP contribution in [0.1, 0.15) is 30.5 Å². The summed E-state index contributed by atoms with van der Waals surface area (Å²) in [6.07, 6.45) is 0.976. The molecule has 2 aromatic rings. The van der Waals surface area contributed by atoms with Crippen LogP contribution >= 0.6 is 11.8 Å². The third kappa shape index (κ3) is 3.15. The highest BCUT2D eigenvalue weighted by Crippen LogP contribution is 2.30. The van der Waals surface area contributed by atoms with E-state index in [1.54, 1.807) is 11.8 Å². The molecule has 0 aliphatic rings. The summed E-state index contributed by atoms with van der Waals surface area (Å²) in [6.45, 7) is 4.25. The summed E-state index contributed by atoms with van der Waals surface area (Å²) in [4.78, 5) is 2.57. The second-order valence-corrected chi connectivity index (χ2v) is 5.57. The van der Waals surface area contributed by atoms with Crippen molar-refractivity contribution in [3.8, 4) is 0 Å². The van der Waals surface area contributed by atoms with Gasteiger partial charge in [0.05, 0.1) is 0 Å². The van der Waals surface area contributed by atoms with Gasteiger partial charge in [-0.25, -0.2) is 0 Å². The molecule has 0 spiro atoms. The summed E-state index contributed by atoms with van der Waals surface area (Å²) in [5.41, 5.74) is 8.55. The summed E-state index contributed by atoms with van der Waals surface area (Å²) < 4.78 is 0. The van der Waals surface area contributed by atoms with E-state index in [4.69, 9.17) is 5.73 Å². The molecule has 0 bridgehead atoms. The van der Waals surface area contributed by atoms with Gasteiger partial charge in [0.25, 0.3) is 0 Å². The molecule has 2 heteroatoms. The lowest BCUT2D eigenvalue weighted by Gasteiger charge is -2.10. The third-order valence-corrected chi connectivity index (χ3v) is 4.26. The van der Waals surface area contributed by atoms with Gasteiger partial charge in [-0.05, 0) is 42.7 Å². The van der Waals surface area contributed by atoms with E-state index in [9.17, 15) is 0 Å². The minimum atomic E-state index is 0.155. The largest absolute Gasteiger partial charge is 0.324 e. The standard InChI is InChI=1S/C16H19NS/c1-3-15(17)13-8-10-14(11-9-13)18-16-7-5-4-6-12(16)2/h4-11,15H,3,17H2,1-2H3/t15-/m0/s1. The maximum atomic E-state index is 6.01. The topological polar surface area (TPSA) is 26.0 Å². The summed E-state index contributed by atoms with van der Waals surface area (Å²) in [7, 11) is 0. The zero-order valence-electron chi connectivity index (χ0n) is 10.9. The molecule has 2 rings (SSSR count). The fourth-order valence-electron chi connectivity index (χ4n) is 1.82. The Morgan fingerprint density at radius 2 is 1.72 bits per heavy atom. The molecule has 1 nitrogen and oxygen atoms in total. The van der Waals surface area contributed by atoms with Crippen LogP contribution in [0.2, 0.25) is 0 Å². The molecule has 0 amide bonds. The monoisotopic (exact) mass is 257 g/mol. The molecule has 18 heavy (non-hydrogen) atoms. The van der Waals surface area contributed by atoms with Crippen LogP contribution < -0.4 is 5.73 Å². The molecule has 0 heterocycles. The van der Waals surface area contributed by atoms with Crippen LogP contribution in [-0.4, -0.2) is 0 Å². The van der Waals surface area contributed by atoms with Crippen molar-refractivity contribution in [2.75, 3.05) is 0 Å². The number of benzene rings is 2. The van der Waals surface area contributed by atoms with Gasteiger partial charge in [0, 0.05) is 15.8 Å². The average molecular weight is 257 g/mol. The summed E-state index contributed by atoms with van der Waals surface area (Å²) in [5.74, 6) is 0. The van der Waals surface area contributed by atoms with Crippen molar-refractivity contribution in [1.82, 2.24) is 0 Å². The van der Waals surface area contributed by atoms with E-state index in [0.29, 0.717) is 0 Å². The second kappa shape index (κ2) is 6.07. The van der Waals surface area contributed by atoms with Crippen molar-refractivity contribution < 1.29 is 0 Å². The molecule has 94 valence electrons. The molecule has 0 unspecified atom stereocenters. The van der Waals surface area contributed by atoms with E-state index in [2.05, 4.69) is 62.4 Å². The Balaban J connectivity index is 2.14. The van der Waals surface area contributed by atoms with Crippen LogP contribution in [-0.2, 0) is 0 Å². The number of nitrogens with two attached hydrogens (primary N) is 1. The van der Waals surface area contributed by atoms with Crippen LogP contribution in [0, 0.1) is 6.92 Å². The molecule has 0 radical (unpaired) electrons. The predicted molar refractivity (Wildman–Crippen MR) is 79.0 cm³/mol. The Kier molecular flexibility index (Phi) is 4.45. The third-order valence-electron chi connectivity index (χ3n) is 3.07. The summed E-state index contributed by atoms with van der Waals surface area (Å²) in [6, 6.07) is 17.2. The van der Waals surface area contributed by atoms with Gasteiger partial charge < -0.3 is 5.73 Å². The Bertz CT molecular complexity index is 505. The molecule has 0 fully saturated rings. The average Bonchev–Trinajstić information content (AvgIpc) is 2.41. The normalized spacial score (nSPS) is 12.4. The molecule has 0 aromatic heterocycles. The minimum absolute atomic E-state index is 0.155. The Hall–Kier alpha value is -1.25. The van der Waals surface area contributed by atoms with Crippen LogP contribution in [0.5, 0.6) is 0 Å². The van der Waals surface area contributed by atoms with Crippen molar-refractivity contribution in [2.24, 2.45) is 5.73 Å². The molecule has 0 saturated heterocycles.